The fourth-order valence-corrected chi connectivity index (χ4v) is 2.78. The van der Waals surface area contributed by atoms with E-state index in [2.05, 4.69) is 4.90 Å². The first kappa shape index (κ1) is 14.6. The van der Waals surface area contributed by atoms with Crippen molar-refractivity contribution >= 4 is 34.5 Å². The maximum Gasteiger partial charge on any atom is 0.104 e. The lowest BCUT2D eigenvalue weighted by molar-refractivity contribution is 0.0216. The van der Waals surface area contributed by atoms with Crippen LogP contribution in [0, 0.1) is 0 Å². The Bertz CT molecular complexity index is 461. The first-order valence-electron chi connectivity index (χ1n) is 6.50. The number of nitrogens with two attached hydrogens (primary N) is 1. The molecule has 5 heteroatoms. The zero-order valence-electron chi connectivity index (χ0n) is 11.1. The Morgan fingerprint density at radius 3 is 2.89 bits per heavy atom. The molecule has 0 amide bonds. The monoisotopic (exact) mass is 298 g/mol. The van der Waals surface area contributed by atoms with Gasteiger partial charge in [0.15, 0.2) is 0 Å². The molecule has 1 aromatic rings. The summed E-state index contributed by atoms with van der Waals surface area (Å²) in [6, 6.07) is 5.68. The van der Waals surface area contributed by atoms with E-state index in [0.717, 1.165) is 30.8 Å². The van der Waals surface area contributed by atoms with Crippen molar-refractivity contribution in [3.63, 3.8) is 0 Å². The summed E-state index contributed by atoms with van der Waals surface area (Å²) in [6.45, 7) is 1.72. The summed E-state index contributed by atoms with van der Waals surface area (Å²) in [5, 5.41) is 0.670. The molecule has 0 spiro atoms. The Morgan fingerprint density at radius 2 is 2.32 bits per heavy atom. The van der Waals surface area contributed by atoms with E-state index in [1.807, 2.05) is 25.2 Å². The number of halogens is 1. The van der Waals surface area contributed by atoms with Crippen molar-refractivity contribution in [2.24, 2.45) is 5.73 Å². The number of benzene rings is 1. The number of likely N-dealkylation sites (N-methyl/N-ethyl adjacent to an activating group) is 1. The van der Waals surface area contributed by atoms with Crippen LogP contribution in [0.2, 0.25) is 5.02 Å². The Labute approximate surface area is 124 Å². The summed E-state index contributed by atoms with van der Waals surface area (Å²) in [4.78, 5) is 2.49. The molecule has 2 rings (SSSR count). The van der Waals surface area contributed by atoms with Crippen LogP contribution >= 0.6 is 23.8 Å². The molecule has 1 atom stereocenters. The van der Waals surface area contributed by atoms with Crippen molar-refractivity contribution in [2.75, 3.05) is 25.1 Å². The van der Waals surface area contributed by atoms with Gasteiger partial charge in [0.1, 0.15) is 4.99 Å². The molecule has 1 unspecified atom stereocenters. The molecule has 1 aliphatic rings. The second-order valence-corrected chi connectivity index (χ2v) is 5.75. The van der Waals surface area contributed by atoms with E-state index in [0.29, 0.717) is 16.1 Å². The quantitative estimate of drug-likeness (QED) is 0.867. The lowest BCUT2D eigenvalue weighted by atomic mass is 10.1. The molecule has 1 heterocycles. The van der Waals surface area contributed by atoms with Crippen LogP contribution in [0.1, 0.15) is 24.8 Å². The topological polar surface area (TPSA) is 38.5 Å². The molecule has 0 bridgehead atoms. The van der Waals surface area contributed by atoms with Crippen LogP contribution < -0.4 is 10.6 Å². The predicted molar refractivity (Wildman–Crippen MR) is 84.2 cm³/mol. The third kappa shape index (κ3) is 3.81. The summed E-state index contributed by atoms with van der Waals surface area (Å²) < 4.78 is 5.75. The SMILES string of the molecule is CN(CC1CCCCO1)c1ccc(C(N)=S)cc1Cl. The van der Waals surface area contributed by atoms with E-state index in [1.165, 1.54) is 12.8 Å². The van der Waals surface area contributed by atoms with E-state index >= 15 is 0 Å². The number of ether oxygens (including phenoxy) is 1. The molecule has 1 saturated heterocycles. The van der Waals surface area contributed by atoms with Crippen molar-refractivity contribution in [2.45, 2.75) is 25.4 Å². The van der Waals surface area contributed by atoms with Crippen LogP contribution in [0.25, 0.3) is 0 Å². The fraction of sp³-hybridized carbons (Fsp3) is 0.500. The first-order chi connectivity index (χ1) is 9.08. The van der Waals surface area contributed by atoms with Gasteiger partial charge >= 0.3 is 0 Å². The van der Waals surface area contributed by atoms with E-state index in [-0.39, 0.29) is 0 Å². The van der Waals surface area contributed by atoms with Gasteiger partial charge in [-0.1, -0.05) is 23.8 Å². The van der Waals surface area contributed by atoms with E-state index in [9.17, 15) is 0 Å². The molecule has 0 saturated carbocycles. The van der Waals surface area contributed by atoms with Gasteiger partial charge in [0.05, 0.1) is 16.8 Å². The maximum absolute atomic E-state index is 6.29. The second-order valence-electron chi connectivity index (χ2n) is 4.90. The highest BCUT2D eigenvalue weighted by atomic mass is 35.5. The van der Waals surface area contributed by atoms with Gasteiger partial charge in [0.2, 0.25) is 0 Å². The number of rotatable bonds is 4. The highest BCUT2D eigenvalue weighted by Crippen LogP contribution is 2.27. The number of hydrogen-bond donors (Lipinski definition) is 1. The normalized spacial score (nSPS) is 19.2. The van der Waals surface area contributed by atoms with Crippen LogP contribution in [0.5, 0.6) is 0 Å². The molecule has 3 nitrogen and oxygen atoms in total. The molecule has 104 valence electrons. The van der Waals surface area contributed by atoms with Crippen molar-refractivity contribution in [1.29, 1.82) is 0 Å². The Hall–Kier alpha value is -0.840. The van der Waals surface area contributed by atoms with E-state index < -0.39 is 0 Å². The van der Waals surface area contributed by atoms with Gasteiger partial charge in [-0.25, -0.2) is 0 Å². The average molecular weight is 299 g/mol. The minimum Gasteiger partial charge on any atom is -0.389 e. The summed E-state index contributed by atoms with van der Waals surface area (Å²) in [5.41, 5.74) is 7.38. The van der Waals surface area contributed by atoms with Crippen molar-refractivity contribution < 1.29 is 4.74 Å². The number of hydrogen-bond acceptors (Lipinski definition) is 3. The van der Waals surface area contributed by atoms with Gasteiger partial charge in [-0.3, -0.25) is 0 Å². The van der Waals surface area contributed by atoms with Crippen molar-refractivity contribution in [3.8, 4) is 0 Å². The number of anilines is 1. The van der Waals surface area contributed by atoms with Crippen LogP contribution in [0.15, 0.2) is 18.2 Å². The number of thiocarbonyl (C=S) groups is 1. The summed E-state index contributed by atoms with van der Waals surface area (Å²) in [7, 11) is 2.03. The van der Waals surface area contributed by atoms with Gasteiger partial charge in [-0.2, -0.15) is 0 Å². The van der Waals surface area contributed by atoms with Crippen molar-refractivity contribution in [1.82, 2.24) is 0 Å². The average Bonchev–Trinajstić information content (AvgIpc) is 2.39. The zero-order valence-corrected chi connectivity index (χ0v) is 12.6. The van der Waals surface area contributed by atoms with Crippen LogP contribution in [-0.2, 0) is 4.74 Å². The summed E-state index contributed by atoms with van der Waals surface area (Å²) >= 11 is 11.2. The summed E-state index contributed by atoms with van der Waals surface area (Å²) in [6.07, 6.45) is 3.83. The van der Waals surface area contributed by atoms with E-state index in [4.69, 9.17) is 34.3 Å². The van der Waals surface area contributed by atoms with E-state index in [1.54, 1.807) is 0 Å². The van der Waals surface area contributed by atoms with Gasteiger partial charge in [0, 0.05) is 25.8 Å². The zero-order chi connectivity index (χ0) is 13.8. The Kier molecular flexibility index (Phi) is 5.02. The van der Waals surface area contributed by atoms with Crippen molar-refractivity contribution in [3.05, 3.63) is 28.8 Å². The number of nitrogens with zero attached hydrogens (tertiary/aromatic N) is 1. The minimum absolute atomic E-state index is 0.296. The largest absolute Gasteiger partial charge is 0.389 e. The molecule has 0 aromatic heterocycles. The third-order valence-corrected chi connectivity index (χ3v) is 3.93. The Morgan fingerprint density at radius 1 is 1.53 bits per heavy atom. The van der Waals surface area contributed by atoms with Gasteiger partial charge < -0.3 is 15.4 Å². The second kappa shape index (κ2) is 6.55. The molecule has 1 aromatic carbocycles. The predicted octanol–water partition coefficient (Wildman–Crippen LogP) is 2.98. The molecule has 0 radical (unpaired) electrons. The van der Waals surface area contributed by atoms with Gasteiger partial charge in [0.25, 0.3) is 0 Å². The smallest absolute Gasteiger partial charge is 0.104 e. The lowest BCUT2D eigenvalue weighted by Crippen LogP contribution is -2.33. The fourth-order valence-electron chi connectivity index (χ4n) is 2.32. The molecule has 0 aliphatic carbocycles. The Balaban J connectivity index is 2.05. The van der Waals surface area contributed by atoms with Crippen LogP contribution in [-0.4, -0.2) is 31.3 Å². The van der Waals surface area contributed by atoms with Gasteiger partial charge in [-0.05, 0) is 37.5 Å². The van der Waals surface area contributed by atoms with Gasteiger partial charge in [-0.15, -0.1) is 0 Å². The van der Waals surface area contributed by atoms with Crippen LogP contribution in [0.4, 0.5) is 5.69 Å². The molecule has 2 N–H and O–H groups in total. The lowest BCUT2D eigenvalue weighted by Gasteiger charge is -2.29. The minimum atomic E-state index is 0.296. The molecular formula is C14H19ClN2OS. The standard InChI is InChI=1S/C14H19ClN2OS/c1-17(9-11-4-2-3-7-18-11)13-6-5-10(14(16)19)8-12(13)15/h5-6,8,11H,2-4,7,9H2,1H3,(H2,16,19). The van der Waals surface area contributed by atoms with Crippen LogP contribution in [0.3, 0.4) is 0 Å². The molecular weight excluding hydrogens is 280 g/mol. The maximum atomic E-state index is 6.29. The highest BCUT2D eigenvalue weighted by molar-refractivity contribution is 7.80. The molecule has 19 heavy (non-hydrogen) atoms. The molecule has 1 aliphatic heterocycles. The third-order valence-electron chi connectivity index (χ3n) is 3.39. The summed E-state index contributed by atoms with van der Waals surface area (Å²) in [5.74, 6) is 0. The first-order valence-corrected chi connectivity index (χ1v) is 7.28. The highest BCUT2D eigenvalue weighted by Gasteiger charge is 2.17. The molecule has 1 fully saturated rings.